The van der Waals surface area contributed by atoms with Crippen molar-refractivity contribution in [2.24, 2.45) is 5.41 Å². The topological polar surface area (TPSA) is 58.6 Å². The van der Waals surface area contributed by atoms with Crippen LogP contribution in [0.5, 0.6) is 5.75 Å². The first-order valence-corrected chi connectivity index (χ1v) is 8.53. The summed E-state index contributed by atoms with van der Waals surface area (Å²) in [5.74, 6) is -2.80. The van der Waals surface area contributed by atoms with Crippen molar-refractivity contribution >= 4 is 5.91 Å². The summed E-state index contributed by atoms with van der Waals surface area (Å²) in [6.07, 6.45) is 5.60. The molecule has 0 atom stereocenters. The van der Waals surface area contributed by atoms with Crippen molar-refractivity contribution < 1.29 is 23.4 Å². The molecule has 0 unspecified atom stereocenters. The van der Waals surface area contributed by atoms with Crippen LogP contribution in [0.25, 0.3) is 0 Å². The number of carbonyl (C=O) groups excluding carboxylic acids is 1. The SMILES string of the molecule is CCOc1ccc(F)c(C(=O)NCC2(CCO)CCCCC2)c1F. The van der Waals surface area contributed by atoms with E-state index in [2.05, 4.69) is 5.32 Å². The average Bonchev–Trinajstić information content (AvgIpc) is 2.57. The van der Waals surface area contributed by atoms with E-state index in [1.807, 2.05) is 0 Å². The van der Waals surface area contributed by atoms with Crippen LogP contribution in [0.4, 0.5) is 8.78 Å². The van der Waals surface area contributed by atoms with Gasteiger partial charge < -0.3 is 15.2 Å². The molecule has 0 bridgehead atoms. The molecule has 0 aromatic heterocycles. The van der Waals surface area contributed by atoms with Gasteiger partial charge in [-0.15, -0.1) is 0 Å². The quantitative estimate of drug-likeness (QED) is 0.799. The zero-order chi connectivity index (χ0) is 17.6. The highest BCUT2D eigenvalue weighted by atomic mass is 19.1. The van der Waals surface area contributed by atoms with Crippen LogP contribution in [-0.2, 0) is 0 Å². The number of nitrogens with one attached hydrogen (secondary N) is 1. The van der Waals surface area contributed by atoms with E-state index in [1.165, 1.54) is 6.07 Å². The van der Waals surface area contributed by atoms with Crippen LogP contribution in [0.3, 0.4) is 0 Å². The van der Waals surface area contributed by atoms with Gasteiger partial charge in [0, 0.05) is 13.2 Å². The molecule has 1 aromatic carbocycles. The summed E-state index contributed by atoms with van der Waals surface area (Å²) in [5, 5.41) is 12.0. The van der Waals surface area contributed by atoms with Crippen molar-refractivity contribution in [2.45, 2.75) is 45.4 Å². The molecule has 6 heteroatoms. The number of halogens is 2. The minimum atomic E-state index is -0.978. The molecule has 0 spiro atoms. The molecule has 0 saturated heterocycles. The van der Waals surface area contributed by atoms with Gasteiger partial charge in [-0.05, 0) is 43.7 Å². The van der Waals surface area contributed by atoms with Gasteiger partial charge >= 0.3 is 0 Å². The normalized spacial score (nSPS) is 16.7. The number of benzene rings is 1. The van der Waals surface area contributed by atoms with E-state index in [1.54, 1.807) is 6.92 Å². The van der Waals surface area contributed by atoms with Crippen LogP contribution in [0.1, 0.15) is 55.8 Å². The molecule has 2 rings (SSSR count). The van der Waals surface area contributed by atoms with E-state index in [4.69, 9.17) is 4.74 Å². The van der Waals surface area contributed by atoms with Gasteiger partial charge in [0.15, 0.2) is 11.6 Å². The minimum absolute atomic E-state index is 0.0401. The second-order valence-corrected chi connectivity index (χ2v) is 6.38. The Balaban J connectivity index is 2.13. The number of rotatable bonds is 7. The van der Waals surface area contributed by atoms with Crippen LogP contribution in [0.2, 0.25) is 0 Å². The maximum absolute atomic E-state index is 14.3. The monoisotopic (exact) mass is 341 g/mol. The summed E-state index contributed by atoms with van der Waals surface area (Å²) >= 11 is 0. The van der Waals surface area contributed by atoms with Gasteiger partial charge in [0.1, 0.15) is 11.4 Å². The lowest BCUT2D eigenvalue weighted by Crippen LogP contribution is -2.40. The Morgan fingerprint density at radius 2 is 2.00 bits per heavy atom. The summed E-state index contributed by atoms with van der Waals surface area (Å²) in [7, 11) is 0. The lowest BCUT2D eigenvalue weighted by molar-refractivity contribution is 0.0860. The van der Waals surface area contributed by atoms with Crippen molar-refractivity contribution in [1.29, 1.82) is 0 Å². The van der Waals surface area contributed by atoms with Crippen molar-refractivity contribution in [2.75, 3.05) is 19.8 Å². The zero-order valence-electron chi connectivity index (χ0n) is 14.0. The smallest absolute Gasteiger partial charge is 0.257 e. The molecule has 1 aromatic rings. The van der Waals surface area contributed by atoms with Crippen LogP contribution in [0, 0.1) is 17.0 Å². The highest BCUT2D eigenvalue weighted by molar-refractivity contribution is 5.95. The second kappa shape index (κ2) is 8.42. The highest BCUT2D eigenvalue weighted by Crippen LogP contribution is 2.38. The molecule has 1 aliphatic carbocycles. The molecule has 134 valence electrons. The Labute approximate surface area is 141 Å². The van der Waals surface area contributed by atoms with Crippen LogP contribution < -0.4 is 10.1 Å². The summed E-state index contributed by atoms with van der Waals surface area (Å²) < 4.78 is 33.3. The molecule has 24 heavy (non-hydrogen) atoms. The first-order chi connectivity index (χ1) is 11.5. The first kappa shape index (κ1) is 18.6. The highest BCUT2D eigenvalue weighted by Gasteiger charge is 2.32. The summed E-state index contributed by atoms with van der Waals surface area (Å²) in [6, 6.07) is 2.21. The van der Waals surface area contributed by atoms with Gasteiger partial charge in [-0.3, -0.25) is 4.79 Å². The average molecular weight is 341 g/mol. The van der Waals surface area contributed by atoms with Gasteiger partial charge in [-0.25, -0.2) is 8.78 Å². The third-order valence-corrected chi connectivity index (χ3v) is 4.76. The number of aliphatic hydroxyl groups is 1. The second-order valence-electron chi connectivity index (χ2n) is 6.38. The first-order valence-electron chi connectivity index (χ1n) is 8.53. The molecular weight excluding hydrogens is 316 g/mol. The number of ether oxygens (including phenoxy) is 1. The van der Waals surface area contributed by atoms with Crippen molar-refractivity contribution in [1.82, 2.24) is 5.32 Å². The maximum atomic E-state index is 14.3. The largest absolute Gasteiger partial charge is 0.491 e. The van der Waals surface area contributed by atoms with Gasteiger partial charge in [0.2, 0.25) is 0 Å². The maximum Gasteiger partial charge on any atom is 0.257 e. The Morgan fingerprint density at radius 3 is 2.62 bits per heavy atom. The Morgan fingerprint density at radius 1 is 1.29 bits per heavy atom. The van der Waals surface area contributed by atoms with Gasteiger partial charge in [-0.1, -0.05) is 19.3 Å². The van der Waals surface area contributed by atoms with Crippen molar-refractivity contribution in [3.8, 4) is 5.75 Å². The third kappa shape index (κ3) is 4.23. The Kier molecular flexibility index (Phi) is 6.54. The molecule has 0 heterocycles. The van der Waals surface area contributed by atoms with E-state index in [0.717, 1.165) is 38.2 Å². The van der Waals surface area contributed by atoms with E-state index >= 15 is 0 Å². The van der Waals surface area contributed by atoms with Gasteiger partial charge in [0.05, 0.1) is 6.61 Å². The molecule has 1 saturated carbocycles. The molecule has 4 nitrogen and oxygen atoms in total. The zero-order valence-corrected chi connectivity index (χ0v) is 14.0. The number of hydrogen-bond acceptors (Lipinski definition) is 3. The molecule has 0 radical (unpaired) electrons. The lowest BCUT2D eigenvalue weighted by atomic mass is 9.72. The molecule has 1 amide bonds. The molecular formula is C18H25F2NO3. The number of hydrogen-bond donors (Lipinski definition) is 2. The molecule has 0 aliphatic heterocycles. The summed E-state index contributed by atoms with van der Waals surface area (Å²) in [5.41, 5.74) is -0.802. The third-order valence-electron chi connectivity index (χ3n) is 4.76. The van der Waals surface area contributed by atoms with Crippen LogP contribution in [0.15, 0.2) is 12.1 Å². The fraction of sp³-hybridized carbons (Fsp3) is 0.611. The van der Waals surface area contributed by atoms with Crippen molar-refractivity contribution in [3.05, 3.63) is 29.3 Å². The van der Waals surface area contributed by atoms with Crippen molar-refractivity contribution in [3.63, 3.8) is 0 Å². The molecule has 1 aliphatic rings. The summed E-state index contributed by atoms with van der Waals surface area (Å²) in [6.45, 7) is 2.26. The summed E-state index contributed by atoms with van der Waals surface area (Å²) in [4.78, 5) is 12.3. The Hall–Kier alpha value is -1.69. The standard InChI is InChI=1S/C18H25F2NO3/c1-2-24-14-7-6-13(19)15(16(14)20)17(23)21-12-18(10-11-22)8-4-3-5-9-18/h6-7,22H,2-5,8-12H2,1H3,(H,21,23). The molecule has 1 fully saturated rings. The fourth-order valence-electron chi connectivity index (χ4n) is 3.42. The van der Waals surface area contributed by atoms with Gasteiger partial charge in [-0.2, -0.15) is 0 Å². The predicted octanol–water partition coefficient (Wildman–Crippen LogP) is 3.43. The van der Waals surface area contributed by atoms with Crippen LogP contribution >= 0.6 is 0 Å². The lowest BCUT2D eigenvalue weighted by Gasteiger charge is -2.37. The van der Waals surface area contributed by atoms with Gasteiger partial charge in [0.25, 0.3) is 5.91 Å². The molecule has 2 N–H and O–H groups in total. The number of carbonyl (C=O) groups is 1. The van der Waals surface area contributed by atoms with E-state index < -0.39 is 23.1 Å². The van der Waals surface area contributed by atoms with E-state index in [-0.39, 0.29) is 24.4 Å². The minimum Gasteiger partial charge on any atom is -0.491 e. The Bertz CT molecular complexity index is 566. The van der Waals surface area contributed by atoms with Crippen LogP contribution in [-0.4, -0.2) is 30.8 Å². The van der Waals surface area contributed by atoms with E-state index in [9.17, 15) is 18.7 Å². The number of aliphatic hydroxyl groups excluding tert-OH is 1. The number of amides is 1. The predicted molar refractivity (Wildman–Crippen MR) is 87.1 cm³/mol. The van der Waals surface area contributed by atoms with E-state index in [0.29, 0.717) is 13.0 Å². The fourth-order valence-corrected chi connectivity index (χ4v) is 3.42.